The van der Waals surface area contributed by atoms with Gasteiger partial charge in [0.2, 0.25) is 0 Å². The summed E-state index contributed by atoms with van der Waals surface area (Å²) in [6, 6.07) is 12.2. The molecule has 108 valence electrons. The van der Waals surface area contributed by atoms with Gasteiger partial charge in [-0.15, -0.1) is 11.6 Å². The maximum atomic E-state index is 10.4. The fourth-order valence-corrected chi connectivity index (χ4v) is 3.01. The van der Waals surface area contributed by atoms with Crippen LogP contribution in [-0.4, -0.2) is 35.2 Å². The van der Waals surface area contributed by atoms with E-state index in [2.05, 4.69) is 11.0 Å². The fourth-order valence-electron chi connectivity index (χ4n) is 2.67. The van der Waals surface area contributed by atoms with Crippen LogP contribution in [-0.2, 0) is 0 Å². The Hall–Kier alpha value is -1.08. The van der Waals surface area contributed by atoms with Gasteiger partial charge in [0.15, 0.2) is 0 Å². The van der Waals surface area contributed by atoms with Crippen molar-refractivity contribution < 1.29 is 5.11 Å². The molecule has 3 nitrogen and oxygen atoms in total. The summed E-state index contributed by atoms with van der Waals surface area (Å²) in [6.07, 6.45) is 1.28. The fraction of sp³-hybridized carbons (Fsp3) is 0.562. The highest BCUT2D eigenvalue weighted by atomic mass is 35.5. The van der Waals surface area contributed by atoms with E-state index in [4.69, 9.17) is 16.9 Å². The third kappa shape index (κ3) is 3.52. The molecule has 1 heterocycles. The Morgan fingerprint density at radius 2 is 1.95 bits per heavy atom. The molecular formula is C16H21ClN2O. The van der Waals surface area contributed by atoms with Crippen molar-refractivity contribution in [1.29, 1.82) is 5.26 Å². The summed E-state index contributed by atoms with van der Waals surface area (Å²) in [4.78, 5) is 2.27. The summed E-state index contributed by atoms with van der Waals surface area (Å²) in [5, 5.41) is 19.4. The number of aliphatic hydroxyl groups is 1. The lowest BCUT2D eigenvalue weighted by molar-refractivity contribution is -0.0459. The molecule has 20 heavy (non-hydrogen) atoms. The Bertz CT molecular complexity index is 463. The molecule has 1 aromatic rings. The molecule has 1 aliphatic rings. The normalized spacial score (nSPS) is 21.9. The smallest absolute Gasteiger partial charge is 0.0826 e. The van der Waals surface area contributed by atoms with Crippen molar-refractivity contribution in [3.05, 3.63) is 35.9 Å². The average Bonchev–Trinajstić information content (AvgIpc) is 2.49. The van der Waals surface area contributed by atoms with Crippen LogP contribution in [0.5, 0.6) is 0 Å². The summed E-state index contributed by atoms with van der Waals surface area (Å²) < 4.78 is 0. The first-order valence-corrected chi connectivity index (χ1v) is 7.52. The SMILES string of the molecule is CC(C#N)C1(O)CCN(CC(Cl)c2ccccc2)CC1. The minimum Gasteiger partial charge on any atom is -0.388 e. The van der Waals surface area contributed by atoms with Crippen LogP contribution in [0.25, 0.3) is 0 Å². The zero-order valence-electron chi connectivity index (χ0n) is 11.8. The Balaban J connectivity index is 1.88. The van der Waals surface area contributed by atoms with E-state index in [1.807, 2.05) is 30.3 Å². The molecule has 1 aliphatic heterocycles. The monoisotopic (exact) mass is 292 g/mol. The second-order valence-corrected chi connectivity index (χ2v) is 6.16. The second kappa shape index (κ2) is 6.58. The van der Waals surface area contributed by atoms with Gasteiger partial charge in [-0.25, -0.2) is 0 Å². The molecule has 2 unspecified atom stereocenters. The lowest BCUT2D eigenvalue weighted by Gasteiger charge is -2.40. The van der Waals surface area contributed by atoms with Crippen molar-refractivity contribution in [2.24, 2.45) is 5.92 Å². The van der Waals surface area contributed by atoms with Crippen LogP contribution < -0.4 is 0 Å². The summed E-state index contributed by atoms with van der Waals surface area (Å²) in [5.74, 6) is -0.314. The molecule has 1 fully saturated rings. The van der Waals surface area contributed by atoms with Crippen molar-refractivity contribution >= 4 is 11.6 Å². The van der Waals surface area contributed by atoms with Crippen LogP contribution in [0.1, 0.15) is 30.7 Å². The first-order valence-electron chi connectivity index (χ1n) is 7.08. The number of hydrogen-bond donors (Lipinski definition) is 1. The molecule has 0 aromatic heterocycles. The molecule has 0 aliphatic carbocycles. The minimum atomic E-state index is -0.834. The molecule has 0 spiro atoms. The number of nitriles is 1. The topological polar surface area (TPSA) is 47.3 Å². The van der Waals surface area contributed by atoms with Crippen molar-refractivity contribution in [1.82, 2.24) is 4.90 Å². The summed E-state index contributed by atoms with van der Waals surface area (Å²) in [6.45, 7) is 4.16. The van der Waals surface area contributed by atoms with Gasteiger partial charge in [-0.05, 0) is 25.3 Å². The molecule has 0 radical (unpaired) electrons. The Kier molecular flexibility index (Phi) is 5.04. The Morgan fingerprint density at radius 3 is 2.50 bits per heavy atom. The first-order chi connectivity index (χ1) is 9.55. The van der Waals surface area contributed by atoms with Crippen molar-refractivity contribution in [2.75, 3.05) is 19.6 Å². The average molecular weight is 293 g/mol. The Labute approximate surface area is 125 Å². The number of rotatable bonds is 4. The van der Waals surface area contributed by atoms with Crippen LogP contribution in [0, 0.1) is 17.2 Å². The van der Waals surface area contributed by atoms with Gasteiger partial charge in [-0.1, -0.05) is 30.3 Å². The third-order valence-corrected chi connectivity index (χ3v) is 4.69. The summed E-state index contributed by atoms with van der Waals surface area (Å²) in [5.41, 5.74) is 0.292. The van der Waals surface area contributed by atoms with Crippen LogP contribution in [0.4, 0.5) is 0 Å². The maximum absolute atomic E-state index is 10.4. The molecule has 0 bridgehead atoms. The quantitative estimate of drug-likeness (QED) is 0.868. The summed E-state index contributed by atoms with van der Waals surface area (Å²) >= 11 is 6.44. The van der Waals surface area contributed by atoms with Gasteiger partial charge < -0.3 is 10.0 Å². The molecule has 0 amide bonds. The van der Waals surface area contributed by atoms with Crippen molar-refractivity contribution in [2.45, 2.75) is 30.7 Å². The van der Waals surface area contributed by atoms with Crippen LogP contribution in [0.15, 0.2) is 30.3 Å². The Morgan fingerprint density at radius 1 is 1.35 bits per heavy atom. The van der Waals surface area contributed by atoms with Crippen molar-refractivity contribution in [3.63, 3.8) is 0 Å². The molecule has 1 N–H and O–H groups in total. The van der Waals surface area contributed by atoms with Gasteiger partial charge in [0, 0.05) is 19.6 Å². The van der Waals surface area contributed by atoms with E-state index >= 15 is 0 Å². The summed E-state index contributed by atoms with van der Waals surface area (Å²) in [7, 11) is 0. The van der Waals surface area contributed by atoms with E-state index in [1.165, 1.54) is 0 Å². The lowest BCUT2D eigenvalue weighted by Crippen LogP contribution is -2.48. The number of alkyl halides is 1. The van der Waals surface area contributed by atoms with Gasteiger partial charge in [0.05, 0.1) is 23.0 Å². The third-order valence-electron chi connectivity index (χ3n) is 4.30. The number of likely N-dealkylation sites (tertiary alicyclic amines) is 1. The molecule has 1 saturated heterocycles. The van der Waals surface area contributed by atoms with Crippen LogP contribution >= 0.6 is 11.6 Å². The van der Waals surface area contributed by atoms with Gasteiger partial charge in [-0.3, -0.25) is 0 Å². The minimum absolute atomic E-state index is 0.0317. The molecule has 2 rings (SSSR count). The number of hydrogen-bond acceptors (Lipinski definition) is 3. The molecule has 1 aromatic carbocycles. The van der Waals surface area contributed by atoms with E-state index in [9.17, 15) is 5.11 Å². The van der Waals surface area contributed by atoms with Gasteiger partial charge in [0.1, 0.15) is 0 Å². The van der Waals surface area contributed by atoms with E-state index in [1.54, 1.807) is 6.92 Å². The highest BCUT2D eigenvalue weighted by Gasteiger charge is 2.37. The first kappa shape index (κ1) is 15.3. The van der Waals surface area contributed by atoms with E-state index in [0.717, 1.165) is 25.2 Å². The number of piperidine rings is 1. The molecule has 0 saturated carbocycles. The predicted octanol–water partition coefficient (Wildman–Crippen LogP) is 2.95. The van der Waals surface area contributed by atoms with Crippen molar-refractivity contribution in [3.8, 4) is 6.07 Å². The zero-order valence-corrected chi connectivity index (χ0v) is 12.6. The van der Waals surface area contributed by atoms with E-state index in [-0.39, 0.29) is 11.3 Å². The number of halogens is 1. The lowest BCUT2D eigenvalue weighted by atomic mass is 9.81. The van der Waals surface area contributed by atoms with Crippen LogP contribution in [0.3, 0.4) is 0 Å². The maximum Gasteiger partial charge on any atom is 0.0826 e. The predicted molar refractivity (Wildman–Crippen MR) is 80.4 cm³/mol. The molecular weight excluding hydrogens is 272 g/mol. The standard InChI is InChI=1S/C16H21ClN2O/c1-13(11-18)16(20)7-9-19(10-8-16)12-15(17)14-5-3-2-4-6-14/h2-6,13,15,20H,7-10,12H2,1H3. The molecule has 2 atom stereocenters. The molecule has 4 heteroatoms. The second-order valence-electron chi connectivity index (χ2n) is 5.63. The highest BCUT2D eigenvalue weighted by Crippen LogP contribution is 2.31. The van der Waals surface area contributed by atoms with E-state index < -0.39 is 5.60 Å². The van der Waals surface area contributed by atoms with Gasteiger partial charge >= 0.3 is 0 Å². The van der Waals surface area contributed by atoms with Crippen LogP contribution in [0.2, 0.25) is 0 Å². The number of benzene rings is 1. The van der Waals surface area contributed by atoms with Gasteiger partial charge in [-0.2, -0.15) is 5.26 Å². The number of nitrogens with zero attached hydrogens (tertiary/aromatic N) is 2. The largest absolute Gasteiger partial charge is 0.388 e. The van der Waals surface area contributed by atoms with E-state index in [0.29, 0.717) is 12.8 Å². The highest BCUT2D eigenvalue weighted by molar-refractivity contribution is 6.21. The van der Waals surface area contributed by atoms with Gasteiger partial charge in [0.25, 0.3) is 0 Å². The zero-order chi connectivity index (χ0) is 14.6.